The fourth-order valence-electron chi connectivity index (χ4n) is 2.78. The number of hydrogen-bond acceptors (Lipinski definition) is 4. The molecule has 150 valence electrons. The zero-order valence-corrected chi connectivity index (χ0v) is 16.5. The number of pyridine rings is 1. The number of para-hydroxylation sites is 2. The van der Waals surface area contributed by atoms with Gasteiger partial charge < -0.3 is 15.4 Å². The summed E-state index contributed by atoms with van der Waals surface area (Å²) in [7, 11) is 0. The minimum atomic E-state index is -0.268. The minimum absolute atomic E-state index is 0.00411. The van der Waals surface area contributed by atoms with Crippen LogP contribution in [-0.2, 0) is 6.42 Å². The Balaban J connectivity index is 1.57. The second kappa shape index (κ2) is 9.68. The van der Waals surface area contributed by atoms with E-state index in [1.54, 1.807) is 30.3 Å². The van der Waals surface area contributed by atoms with Crippen LogP contribution >= 0.6 is 0 Å². The fraction of sp³-hybridized carbons (Fsp3) is 0.217. The van der Waals surface area contributed by atoms with Gasteiger partial charge in [0.05, 0.1) is 17.4 Å². The Kier molecular flexibility index (Phi) is 6.79. The Bertz CT molecular complexity index is 958. The van der Waals surface area contributed by atoms with Crippen LogP contribution in [0.25, 0.3) is 0 Å². The van der Waals surface area contributed by atoms with E-state index in [1.165, 1.54) is 12.3 Å². The molecule has 0 saturated carbocycles. The summed E-state index contributed by atoms with van der Waals surface area (Å²) in [4.78, 5) is 16.8. The molecule has 0 atom stereocenters. The molecule has 0 aliphatic heterocycles. The first-order valence-electron chi connectivity index (χ1n) is 9.53. The summed E-state index contributed by atoms with van der Waals surface area (Å²) in [6, 6.07) is 17.4. The van der Waals surface area contributed by atoms with Gasteiger partial charge in [-0.1, -0.05) is 30.3 Å². The molecule has 1 heterocycles. The van der Waals surface area contributed by atoms with E-state index in [1.807, 2.05) is 38.1 Å². The van der Waals surface area contributed by atoms with Gasteiger partial charge in [-0.15, -0.1) is 0 Å². The summed E-state index contributed by atoms with van der Waals surface area (Å²) < 4.78 is 19.4. The third-order valence-corrected chi connectivity index (χ3v) is 4.18. The molecular formula is C23H24FN3O2. The Labute approximate surface area is 169 Å². The Morgan fingerprint density at radius 3 is 2.55 bits per heavy atom. The van der Waals surface area contributed by atoms with Gasteiger partial charge >= 0.3 is 0 Å². The second-order valence-corrected chi connectivity index (χ2v) is 6.82. The van der Waals surface area contributed by atoms with E-state index in [0.717, 1.165) is 0 Å². The average Bonchev–Trinajstić information content (AvgIpc) is 2.71. The maximum Gasteiger partial charge on any atom is 0.257 e. The first-order chi connectivity index (χ1) is 14.0. The molecule has 6 heteroatoms. The Hall–Kier alpha value is -3.41. The number of anilines is 2. The van der Waals surface area contributed by atoms with Gasteiger partial charge in [0.15, 0.2) is 0 Å². The van der Waals surface area contributed by atoms with Gasteiger partial charge in [-0.25, -0.2) is 9.37 Å². The predicted molar refractivity (Wildman–Crippen MR) is 113 cm³/mol. The van der Waals surface area contributed by atoms with Crippen molar-refractivity contribution in [2.75, 3.05) is 17.2 Å². The highest BCUT2D eigenvalue weighted by Crippen LogP contribution is 2.25. The molecule has 0 spiro atoms. The van der Waals surface area contributed by atoms with E-state index in [2.05, 4.69) is 15.6 Å². The normalized spacial score (nSPS) is 10.6. The first kappa shape index (κ1) is 20.3. The minimum Gasteiger partial charge on any atom is -0.489 e. The number of nitrogens with one attached hydrogen (secondary N) is 2. The van der Waals surface area contributed by atoms with Gasteiger partial charge in [0, 0.05) is 12.7 Å². The highest BCUT2D eigenvalue weighted by Gasteiger charge is 2.11. The number of aromatic nitrogens is 1. The van der Waals surface area contributed by atoms with Crippen molar-refractivity contribution in [3.63, 3.8) is 0 Å². The van der Waals surface area contributed by atoms with Crippen LogP contribution in [0.4, 0.5) is 15.9 Å². The highest BCUT2D eigenvalue weighted by molar-refractivity contribution is 6.04. The largest absolute Gasteiger partial charge is 0.489 e. The molecule has 0 fully saturated rings. The van der Waals surface area contributed by atoms with E-state index >= 15 is 0 Å². The van der Waals surface area contributed by atoms with Gasteiger partial charge in [-0.3, -0.25) is 4.79 Å². The van der Waals surface area contributed by atoms with Gasteiger partial charge in [-0.2, -0.15) is 0 Å². The standard InChI is InChI=1S/C23H24FN3O2/c1-16(2)29-21-10-6-5-9-20(21)27-23(28)18-11-12-22(26-15-18)25-14-13-17-7-3-4-8-19(17)24/h3-12,15-16H,13-14H2,1-2H3,(H,25,26)(H,27,28). The van der Waals surface area contributed by atoms with Gasteiger partial charge in [0.2, 0.25) is 0 Å². The third-order valence-electron chi connectivity index (χ3n) is 4.18. The first-order valence-corrected chi connectivity index (χ1v) is 9.53. The van der Waals surface area contributed by atoms with E-state index < -0.39 is 0 Å². The summed E-state index contributed by atoms with van der Waals surface area (Å²) >= 11 is 0. The van der Waals surface area contributed by atoms with Crippen LogP contribution in [0.2, 0.25) is 0 Å². The van der Waals surface area contributed by atoms with E-state index in [9.17, 15) is 9.18 Å². The molecular weight excluding hydrogens is 369 g/mol. The number of hydrogen-bond donors (Lipinski definition) is 2. The smallest absolute Gasteiger partial charge is 0.257 e. The number of amides is 1. The SMILES string of the molecule is CC(C)Oc1ccccc1NC(=O)c1ccc(NCCc2ccccc2F)nc1. The lowest BCUT2D eigenvalue weighted by Crippen LogP contribution is -2.15. The number of rotatable bonds is 8. The van der Waals surface area contributed by atoms with Gasteiger partial charge in [0.1, 0.15) is 17.4 Å². The fourth-order valence-corrected chi connectivity index (χ4v) is 2.78. The van der Waals surface area contributed by atoms with E-state index in [-0.39, 0.29) is 17.8 Å². The van der Waals surface area contributed by atoms with Crippen molar-refractivity contribution < 1.29 is 13.9 Å². The molecule has 1 amide bonds. The number of ether oxygens (including phenoxy) is 1. The van der Waals surface area contributed by atoms with Crippen molar-refractivity contribution in [2.24, 2.45) is 0 Å². The average molecular weight is 393 g/mol. The summed E-state index contributed by atoms with van der Waals surface area (Å²) in [6.07, 6.45) is 2.06. The summed E-state index contributed by atoms with van der Waals surface area (Å²) in [6.45, 7) is 4.40. The van der Waals surface area contributed by atoms with Crippen LogP contribution in [-0.4, -0.2) is 23.5 Å². The highest BCUT2D eigenvalue weighted by atomic mass is 19.1. The number of nitrogens with zero attached hydrogens (tertiary/aromatic N) is 1. The molecule has 0 radical (unpaired) electrons. The van der Waals surface area contributed by atoms with Crippen LogP contribution in [0, 0.1) is 5.82 Å². The molecule has 3 rings (SSSR count). The molecule has 0 bridgehead atoms. The maximum absolute atomic E-state index is 13.6. The van der Waals surface area contributed by atoms with Gasteiger partial charge in [-0.05, 0) is 56.2 Å². The summed E-state index contributed by atoms with van der Waals surface area (Å²) in [5.41, 5.74) is 1.69. The summed E-state index contributed by atoms with van der Waals surface area (Å²) in [5.74, 6) is 0.767. The maximum atomic E-state index is 13.6. The molecule has 2 N–H and O–H groups in total. The van der Waals surface area contributed by atoms with E-state index in [4.69, 9.17) is 4.74 Å². The Morgan fingerprint density at radius 2 is 1.83 bits per heavy atom. The molecule has 2 aromatic carbocycles. The molecule has 3 aromatic rings. The van der Waals surface area contributed by atoms with Crippen molar-refractivity contribution in [3.05, 3.63) is 83.8 Å². The van der Waals surface area contributed by atoms with Crippen molar-refractivity contribution in [2.45, 2.75) is 26.4 Å². The zero-order chi connectivity index (χ0) is 20.6. The Morgan fingerprint density at radius 1 is 1.07 bits per heavy atom. The van der Waals surface area contributed by atoms with Crippen LogP contribution in [0.3, 0.4) is 0 Å². The topological polar surface area (TPSA) is 63.2 Å². The number of halogens is 1. The molecule has 0 unspecified atom stereocenters. The van der Waals surface area contributed by atoms with Crippen LogP contribution < -0.4 is 15.4 Å². The molecule has 29 heavy (non-hydrogen) atoms. The molecule has 0 aliphatic carbocycles. The lowest BCUT2D eigenvalue weighted by atomic mass is 10.1. The zero-order valence-electron chi connectivity index (χ0n) is 16.5. The van der Waals surface area contributed by atoms with Crippen LogP contribution in [0.1, 0.15) is 29.8 Å². The molecule has 1 aromatic heterocycles. The van der Waals surface area contributed by atoms with Crippen molar-refractivity contribution in [1.29, 1.82) is 0 Å². The van der Waals surface area contributed by atoms with Crippen molar-refractivity contribution in [1.82, 2.24) is 4.98 Å². The number of carbonyl (C=O) groups is 1. The second-order valence-electron chi connectivity index (χ2n) is 6.82. The lowest BCUT2D eigenvalue weighted by Gasteiger charge is -2.14. The monoisotopic (exact) mass is 393 g/mol. The molecule has 0 aliphatic rings. The quantitative estimate of drug-likeness (QED) is 0.570. The van der Waals surface area contributed by atoms with Crippen LogP contribution in [0.5, 0.6) is 5.75 Å². The van der Waals surface area contributed by atoms with Crippen molar-refractivity contribution in [3.8, 4) is 5.75 Å². The number of benzene rings is 2. The van der Waals surface area contributed by atoms with Gasteiger partial charge in [0.25, 0.3) is 5.91 Å². The van der Waals surface area contributed by atoms with Crippen LogP contribution in [0.15, 0.2) is 66.9 Å². The van der Waals surface area contributed by atoms with Crippen molar-refractivity contribution >= 4 is 17.4 Å². The lowest BCUT2D eigenvalue weighted by molar-refractivity contribution is 0.102. The molecule has 0 saturated heterocycles. The summed E-state index contributed by atoms with van der Waals surface area (Å²) in [5, 5.41) is 5.99. The molecule has 5 nitrogen and oxygen atoms in total. The number of carbonyl (C=O) groups excluding carboxylic acids is 1. The predicted octanol–water partition coefficient (Wildman–Crippen LogP) is 4.91. The van der Waals surface area contributed by atoms with E-state index in [0.29, 0.717) is 41.3 Å². The third kappa shape index (κ3) is 5.78.